The lowest BCUT2D eigenvalue weighted by atomic mass is 9.98. The van der Waals surface area contributed by atoms with Gasteiger partial charge in [-0.15, -0.1) is 0 Å². The second-order valence-corrected chi connectivity index (χ2v) is 16.5. The summed E-state index contributed by atoms with van der Waals surface area (Å²) in [6.07, 6.45) is 35.4. The highest BCUT2D eigenvalue weighted by molar-refractivity contribution is 5.80. The first-order valence-corrected chi connectivity index (χ1v) is 23.7. The van der Waals surface area contributed by atoms with Crippen LogP contribution in [-0.2, 0) is 14.3 Å². The van der Waals surface area contributed by atoms with Crippen LogP contribution >= 0.6 is 0 Å². The van der Waals surface area contributed by atoms with Crippen LogP contribution in [0.4, 0.5) is 0 Å². The van der Waals surface area contributed by atoms with Gasteiger partial charge in [0.25, 0.3) is 0 Å². The molecule has 0 aromatic rings. The van der Waals surface area contributed by atoms with Gasteiger partial charge in [-0.25, -0.2) is 0 Å². The zero-order valence-electron chi connectivity index (χ0n) is 37.4. The first-order chi connectivity index (χ1) is 29.2. The van der Waals surface area contributed by atoms with Crippen LogP contribution in [0, 0.1) is 0 Å². The van der Waals surface area contributed by atoms with Gasteiger partial charge in [0.05, 0.1) is 25.4 Å². The molecular weight excluding hydrogens is 763 g/mol. The van der Waals surface area contributed by atoms with E-state index >= 15 is 0 Å². The molecule has 1 saturated heterocycles. The van der Waals surface area contributed by atoms with Gasteiger partial charge in [-0.2, -0.15) is 0 Å². The summed E-state index contributed by atoms with van der Waals surface area (Å²) in [6, 6.07) is -1.20. The van der Waals surface area contributed by atoms with Crippen LogP contribution in [0.3, 0.4) is 0 Å². The topological polar surface area (TPSA) is 189 Å². The van der Waals surface area contributed by atoms with E-state index in [4.69, 9.17) is 9.47 Å². The van der Waals surface area contributed by atoms with Crippen LogP contribution in [0.25, 0.3) is 0 Å². The summed E-state index contributed by atoms with van der Waals surface area (Å²) in [5.41, 5.74) is 0. The van der Waals surface area contributed by atoms with Crippen LogP contribution in [-0.4, -0.2) is 110 Å². The van der Waals surface area contributed by atoms with E-state index in [2.05, 4.69) is 79.9 Å². The molecule has 8 N–H and O–H groups in total. The molecule has 1 aliphatic rings. The van der Waals surface area contributed by atoms with Gasteiger partial charge in [0.1, 0.15) is 36.6 Å². The highest BCUT2D eigenvalue weighted by Gasteiger charge is 2.44. The van der Waals surface area contributed by atoms with E-state index in [0.29, 0.717) is 19.3 Å². The molecular formula is C49H87NO10. The van der Waals surface area contributed by atoms with E-state index in [9.17, 15) is 40.5 Å². The second kappa shape index (κ2) is 38.5. The molecule has 0 saturated carbocycles. The quantitative estimate of drug-likeness (QED) is 0.0172. The molecule has 9 unspecified atom stereocenters. The summed E-state index contributed by atoms with van der Waals surface area (Å²) in [6.45, 7) is 3.33. The normalized spacial score (nSPS) is 22.2. The standard InChI is InChI=1S/C49H87NO10/c1-3-5-7-9-11-13-15-17-19-20-21-23-25-27-29-31-33-35-37-42(53)48(58)50-40(39-59-49-47(57)46(56)45(55)43(38-51)60-49)44(54)41(52)36-34-32-30-28-26-24-22-18-16-14-12-10-8-6-4-2/h10-13,15,17-18,22,28,30,40-47,49,51-57H,3-9,14,16,19-21,23-27,29,31-39H2,1-2H3,(H,50,58)/b12-10+,13-11-,17-15-,22-18+,30-28+. The maximum atomic E-state index is 13.1. The fourth-order valence-electron chi connectivity index (χ4n) is 7.04. The Morgan fingerprint density at radius 3 is 1.62 bits per heavy atom. The number of rotatable bonds is 38. The first-order valence-electron chi connectivity index (χ1n) is 23.7. The van der Waals surface area contributed by atoms with E-state index < -0.39 is 74.2 Å². The molecule has 0 aromatic carbocycles. The SMILES string of the molecule is CCCC/C=C/CC/C=C/CC/C=C/CCCC(O)C(O)C(COC1OC(CO)C(O)C(O)C1O)NC(=O)C(O)CCCCCCCCCCC/C=C\C=C/CCCCC. The Bertz CT molecular complexity index is 1160. The van der Waals surface area contributed by atoms with E-state index in [1.165, 1.54) is 64.2 Å². The van der Waals surface area contributed by atoms with Gasteiger partial charge in [0.15, 0.2) is 6.29 Å². The van der Waals surface area contributed by atoms with Gasteiger partial charge in [-0.1, -0.05) is 152 Å². The van der Waals surface area contributed by atoms with Gasteiger partial charge in [0.2, 0.25) is 5.91 Å². The molecule has 1 amide bonds. The summed E-state index contributed by atoms with van der Waals surface area (Å²) >= 11 is 0. The van der Waals surface area contributed by atoms with Gasteiger partial charge < -0.3 is 50.5 Å². The van der Waals surface area contributed by atoms with Crippen molar-refractivity contribution in [2.75, 3.05) is 13.2 Å². The minimum atomic E-state index is -1.67. The van der Waals surface area contributed by atoms with Crippen molar-refractivity contribution < 1.29 is 50.0 Å². The van der Waals surface area contributed by atoms with Crippen LogP contribution in [0.1, 0.15) is 174 Å². The van der Waals surface area contributed by atoms with Gasteiger partial charge >= 0.3 is 0 Å². The van der Waals surface area contributed by atoms with Crippen LogP contribution in [0.15, 0.2) is 60.8 Å². The lowest BCUT2D eigenvalue weighted by Crippen LogP contribution is -2.60. The van der Waals surface area contributed by atoms with Crippen LogP contribution in [0.5, 0.6) is 0 Å². The maximum absolute atomic E-state index is 13.1. The van der Waals surface area contributed by atoms with E-state index in [0.717, 1.165) is 64.2 Å². The molecule has 348 valence electrons. The van der Waals surface area contributed by atoms with Crippen molar-refractivity contribution in [2.45, 2.75) is 229 Å². The zero-order chi connectivity index (χ0) is 44.1. The Morgan fingerprint density at radius 2 is 1.07 bits per heavy atom. The Hall–Kier alpha value is -2.19. The number of aliphatic hydroxyl groups is 7. The largest absolute Gasteiger partial charge is 0.394 e. The zero-order valence-corrected chi connectivity index (χ0v) is 37.4. The smallest absolute Gasteiger partial charge is 0.249 e. The Kier molecular flexibility index (Phi) is 35.8. The lowest BCUT2D eigenvalue weighted by Gasteiger charge is -2.40. The third kappa shape index (κ3) is 27.7. The van der Waals surface area contributed by atoms with Crippen molar-refractivity contribution in [1.82, 2.24) is 5.32 Å². The molecule has 1 heterocycles. The molecule has 11 heteroatoms. The number of hydrogen-bond acceptors (Lipinski definition) is 10. The average Bonchev–Trinajstić information content (AvgIpc) is 3.25. The number of hydrogen-bond donors (Lipinski definition) is 8. The van der Waals surface area contributed by atoms with Crippen molar-refractivity contribution in [3.63, 3.8) is 0 Å². The molecule has 0 spiro atoms. The second-order valence-electron chi connectivity index (χ2n) is 16.5. The number of aliphatic hydroxyl groups excluding tert-OH is 7. The minimum absolute atomic E-state index is 0.237. The summed E-state index contributed by atoms with van der Waals surface area (Å²) in [4.78, 5) is 13.1. The monoisotopic (exact) mass is 850 g/mol. The van der Waals surface area contributed by atoms with Crippen LogP contribution < -0.4 is 5.32 Å². The highest BCUT2D eigenvalue weighted by Crippen LogP contribution is 2.23. The molecule has 11 nitrogen and oxygen atoms in total. The molecule has 60 heavy (non-hydrogen) atoms. The predicted molar refractivity (Wildman–Crippen MR) is 242 cm³/mol. The van der Waals surface area contributed by atoms with E-state index in [1.54, 1.807) is 0 Å². The van der Waals surface area contributed by atoms with Crippen molar-refractivity contribution in [2.24, 2.45) is 0 Å². The van der Waals surface area contributed by atoms with Crippen molar-refractivity contribution in [3.8, 4) is 0 Å². The molecule has 1 fully saturated rings. The van der Waals surface area contributed by atoms with Gasteiger partial charge in [-0.3, -0.25) is 4.79 Å². The number of carbonyl (C=O) groups excluding carboxylic acids is 1. The third-order valence-corrected chi connectivity index (χ3v) is 11.0. The third-order valence-electron chi connectivity index (χ3n) is 11.0. The number of nitrogens with one attached hydrogen (secondary N) is 1. The summed E-state index contributed by atoms with van der Waals surface area (Å²) < 4.78 is 11.1. The fraction of sp³-hybridized carbons (Fsp3) is 0.776. The maximum Gasteiger partial charge on any atom is 0.249 e. The van der Waals surface area contributed by atoms with Gasteiger partial charge in [0, 0.05) is 0 Å². The van der Waals surface area contributed by atoms with Crippen molar-refractivity contribution >= 4 is 5.91 Å². The molecule has 1 aliphatic heterocycles. The van der Waals surface area contributed by atoms with Gasteiger partial charge in [-0.05, 0) is 83.5 Å². The summed E-state index contributed by atoms with van der Waals surface area (Å²) in [7, 11) is 0. The Morgan fingerprint density at radius 1 is 0.583 bits per heavy atom. The molecule has 0 radical (unpaired) electrons. The molecule has 0 bridgehead atoms. The van der Waals surface area contributed by atoms with Crippen molar-refractivity contribution in [3.05, 3.63) is 60.8 Å². The summed E-state index contributed by atoms with van der Waals surface area (Å²) in [5, 5.41) is 75.7. The molecule has 0 aromatic heterocycles. The number of ether oxygens (including phenoxy) is 2. The average molecular weight is 850 g/mol. The molecule has 1 rings (SSSR count). The Labute approximate surface area is 363 Å². The Balaban J connectivity index is 2.48. The number of allylic oxidation sites excluding steroid dienone is 10. The highest BCUT2D eigenvalue weighted by atomic mass is 16.7. The van der Waals surface area contributed by atoms with E-state index in [1.807, 2.05) is 0 Å². The molecule has 9 atom stereocenters. The van der Waals surface area contributed by atoms with E-state index in [-0.39, 0.29) is 12.8 Å². The van der Waals surface area contributed by atoms with Crippen molar-refractivity contribution in [1.29, 1.82) is 0 Å². The first kappa shape index (κ1) is 55.8. The number of carbonyl (C=O) groups is 1. The minimum Gasteiger partial charge on any atom is -0.394 e. The van der Waals surface area contributed by atoms with Crippen LogP contribution in [0.2, 0.25) is 0 Å². The lowest BCUT2D eigenvalue weighted by molar-refractivity contribution is -0.303. The number of amides is 1. The summed E-state index contributed by atoms with van der Waals surface area (Å²) in [5.74, 6) is -0.720. The fourth-order valence-corrected chi connectivity index (χ4v) is 7.04. The predicted octanol–water partition coefficient (Wildman–Crippen LogP) is 7.94. The number of unbranched alkanes of at least 4 members (excludes halogenated alkanes) is 17. The molecule has 0 aliphatic carbocycles.